The van der Waals surface area contributed by atoms with Crippen molar-refractivity contribution >= 4 is 23.4 Å². The normalized spacial score (nSPS) is 11.3. The quantitative estimate of drug-likeness (QED) is 0.537. The molecule has 4 rings (SSSR count). The van der Waals surface area contributed by atoms with Gasteiger partial charge in [-0.3, -0.25) is 23.6 Å². The van der Waals surface area contributed by atoms with E-state index in [1.165, 1.54) is 17.9 Å². The molecular formula is C16H15N7O2S. The van der Waals surface area contributed by atoms with Gasteiger partial charge in [-0.15, -0.1) is 0 Å². The van der Waals surface area contributed by atoms with Crippen molar-refractivity contribution < 1.29 is 0 Å². The van der Waals surface area contributed by atoms with E-state index < -0.39 is 11.2 Å². The maximum atomic E-state index is 12.6. The van der Waals surface area contributed by atoms with Gasteiger partial charge in [0.1, 0.15) is 0 Å². The van der Waals surface area contributed by atoms with E-state index in [1.807, 2.05) is 30.3 Å². The third-order valence-corrected chi connectivity index (χ3v) is 4.56. The average molecular weight is 369 g/mol. The highest BCUT2D eigenvalue weighted by Crippen LogP contribution is 2.13. The lowest BCUT2D eigenvalue weighted by molar-refractivity contribution is 0.695. The molecule has 1 N–H and O–H groups in total. The third kappa shape index (κ3) is 2.34. The van der Waals surface area contributed by atoms with Gasteiger partial charge in [-0.2, -0.15) is 5.10 Å². The Balaban J connectivity index is 1.90. The van der Waals surface area contributed by atoms with E-state index in [-0.39, 0.29) is 6.54 Å². The van der Waals surface area contributed by atoms with Crippen LogP contribution in [-0.2, 0) is 20.6 Å². The van der Waals surface area contributed by atoms with Crippen LogP contribution in [-0.4, -0.2) is 33.4 Å². The van der Waals surface area contributed by atoms with Gasteiger partial charge in [-0.25, -0.2) is 9.78 Å². The summed E-state index contributed by atoms with van der Waals surface area (Å²) in [6.45, 7) is 0.270. The highest BCUT2D eigenvalue weighted by molar-refractivity contribution is 7.71. The summed E-state index contributed by atoms with van der Waals surface area (Å²) < 4.78 is 6.33. The van der Waals surface area contributed by atoms with E-state index in [2.05, 4.69) is 15.2 Å². The van der Waals surface area contributed by atoms with Crippen molar-refractivity contribution in [2.75, 3.05) is 0 Å². The minimum Gasteiger partial charge on any atom is -0.317 e. The van der Waals surface area contributed by atoms with Crippen LogP contribution in [0.25, 0.3) is 16.9 Å². The molecular weight excluding hydrogens is 354 g/mol. The van der Waals surface area contributed by atoms with Crippen molar-refractivity contribution in [2.45, 2.75) is 6.54 Å². The number of aromatic amines is 1. The number of H-pyrrole nitrogens is 1. The first-order chi connectivity index (χ1) is 12.5. The zero-order valence-corrected chi connectivity index (χ0v) is 14.9. The molecule has 0 saturated heterocycles. The highest BCUT2D eigenvalue weighted by Gasteiger charge is 2.16. The highest BCUT2D eigenvalue weighted by atomic mass is 32.1. The van der Waals surface area contributed by atoms with Gasteiger partial charge in [0.15, 0.2) is 21.8 Å². The fourth-order valence-electron chi connectivity index (χ4n) is 2.95. The smallest absolute Gasteiger partial charge is 0.317 e. The molecule has 132 valence electrons. The molecule has 0 fully saturated rings. The molecule has 0 atom stereocenters. The Morgan fingerprint density at radius 3 is 2.58 bits per heavy atom. The topological polar surface area (TPSA) is 95.4 Å². The van der Waals surface area contributed by atoms with E-state index in [9.17, 15) is 9.59 Å². The summed E-state index contributed by atoms with van der Waals surface area (Å²) in [4.78, 5) is 28.8. The number of imidazole rings is 1. The van der Waals surface area contributed by atoms with Crippen molar-refractivity contribution in [1.82, 2.24) is 33.4 Å². The number of para-hydroxylation sites is 1. The van der Waals surface area contributed by atoms with Gasteiger partial charge in [0.25, 0.3) is 5.56 Å². The van der Waals surface area contributed by atoms with Crippen molar-refractivity contribution in [3.05, 3.63) is 68.1 Å². The number of rotatable bonds is 3. The van der Waals surface area contributed by atoms with Gasteiger partial charge in [0.2, 0.25) is 0 Å². The molecule has 0 saturated carbocycles. The molecule has 4 aromatic rings. The predicted octanol–water partition coefficient (Wildman–Crippen LogP) is 0.725. The molecule has 0 amide bonds. The largest absolute Gasteiger partial charge is 0.332 e. The van der Waals surface area contributed by atoms with Crippen LogP contribution < -0.4 is 11.2 Å². The Hall–Kier alpha value is -3.27. The second-order valence-electron chi connectivity index (χ2n) is 5.87. The number of fused-ring (bicyclic) bond motifs is 1. The average Bonchev–Trinajstić information content (AvgIpc) is 3.23. The second-order valence-corrected chi connectivity index (χ2v) is 6.25. The molecule has 10 heteroatoms. The Morgan fingerprint density at radius 1 is 1.12 bits per heavy atom. The molecule has 0 radical (unpaired) electrons. The Labute approximate surface area is 151 Å². The zero-order chi connectivity index (χ0) is 18.4. The van der Waals surface area contributed by atoms with Crippen molar-refractivity contribution in [2.24, 2.45) is 14.1 Å². The maximum absolute atomic E-state index is 12.6. The summed E-state index contributed by atoms with van der Waals surface area (Å²) in [6.07, 6.45) is 1.53. The molecule has 0 unspecified atom stereocenters. The lowest BCUT2D eigenvalue weighted by Crippen LogP contribution is -2.37. The first-order valence-corrected chi connectivity index (χ1v) is 8.22. The molecule has 3 aromatic heterocycles. The van der Waals surface area contributed by atoms with Gasteiger partial charge in [-0.1, -0.05) is 18.2 Å². The molecule has 1 aromatic carbocycles. The summed E-state index contributed by atoms with van der Waals surface area (Å²) in [5, 5.41) is 7.07. The van der Waals surface area contributed by atoms with Crippen LogP contribution in [0.3, 0.4) is 0 Å². The Morgan fingerprint density at radius 2 is 1.85 bits per heavy atom. The number of benzene rings is 1. The Bertz CT molecular complexity index is 1290. The monoisotopic (exact) mass is 369 g/mol. The van der Waals surface area contributed by atoms with Crippen LogP contribution in [0.1, 0.15) is 5.82 Å². The fourth-order valence-corrected chi connectivity index (χ4v) is 3.20. The molecule has 0 aliphatic carbocycles. The number of hydrogen-bond acceptors (Lipinski definition) is 5. The third-order valence-electron chi connectivity index (χ3n) is 4.29. The first-order valence-electron chi connectivity index (χ1n) is 7.81. The van der Waals surface area contributed by atoms with E-state index in [0.29, 0.717) is 21.8 Å². The maximum Gasteiger partial charge on any atom is 0.332 e. The van der Waals surface area contributed by atoms with Gasteiger partial charge in [0, 0.05) is 19.8 Å². The Kier molecular flexibility index (Phi) is 3.69. The van der Waals surface area contributed by atoms with Crippen molar-refractivity contribution in [3.8, 4) is 5.69 Å². The number of nitrogens with one attached hydrogen (secondary N) is 1. The summed E-state index contributed by atoms with van der Waals surface area (Å²) >= 11 is 5.34. The van der Waals surface area contributed by atoms with Crippen molar-refractivity contribution in [3.63, 3.8) is 0 Å². The van der Waals surface area contributed by atoms with Gasteiger partial charge < -0.3 is 4.57 Å². The van der Waals surface area contributed by atoms with Crippen LogP contribution in [0.5, 0.6) is 0 Å². The number of hydrogen-bond donors (Lipinski definition) is 1. The zero-order valence-electron chi connectivity index (χ0n) is 14.1. The summed E-state index contributed by atoms with van der Waals surface area (Å²) in [7, 11) is 3.03. The van der Waals surface area contributed by atoms with Crippen LogP contribution >= 0.6 is 12.2 Å². The van der Waals surface area contributed by atoms with E-state index >= 15 is 0 Å². The lowest BCUT2D eigenvalue weighted by atomic mass is 10.3. The SMILES string of the molecule is Cn1c(=O)c2c(ncn2Cc2n[nH]c(=S)n2-c2ccccc2)n(C)c1=O. The van der Waals surface area contributed by atoms with Gasteiger partial charge >= 0.3 is 5.69 Å². The minimum absolute atomic E-state index is 0.270. The second kappa shape index (κ2) is 5.92. The summed E-state index contributed by atoms with van der Waals surface area (Å²) in [5.74, 6) is 0.622. The molecule has 0 spiro atoms. The first kappa shape index (κ1) is 16.2. The molecule has 0 aliphatic heterocycles. The molecule has 9 nitrogen and oxygen atoms in total. The molecule has 0 aliphatic rings. The van der Waals surface area contributed by atoms with E-state index in [0.717, 1.165) is 10.3 Å². The number of nitrogens with zero attached hydrogens (tertiary/aromatic N) is 6. The van der Waals surface area contributed by atoms with Crippen LogP contribution in [0.2, 0.25) is 0 Å². The minimum atomic E-state index is -0.417. The number of aryl methyl sites for hydroxylation is 1. The molecule has 26 heavy (non-hydrogen) atoms. The van der Waals surface area contributed by atoms with Crippen LogP contribution in [0.15, 0.2) is 46.2 Å². The van der Waals surface area contributed by atoms with Gasteiger partial charge in [0.05, 0.1) is 12.9 Å². The standard InChI is InChI=1S/C16H15N7O2S/c1-20-13-12(14(24)21(2)16(20)25)22(9-17-13)8-11-18-19-15(26)23(11)10-6-4-3-5-7-10/h3-7,9H,8H2,1-2H3,(H,19,26). The molecule has 3 heterocycles. The van der Waals surface area contributed by atoms with Crippen LogP contribution in [0, 0.1) is 4.77 Å². The predicted molar refractivity (Wildman–Crippen MR) is 98.1 cm³/mol. The van der Waals surface area contributed by atoms with Gasteiger partial charge in [-0.05, 0) is 24.4 Å². The fraction of sp³-hybridized carbons (Fsp3) is 0.188. The van der Waals surface area contributed by atoms with Crippen LogP contribution in [0.4, 0.5) is 0 Å². The van der Waals surface area contributed by atoms with E-state index in [1.54, 1.807) is 16.2 Å². The van der Waals surface area contributed by atoms with Crippen molar-refractivity contribution in [1.29, 1.82) is 0 Å². The lowest BCUT2D eigenvalue weighted by Gasteiger charge is -2.08. The number of aromatic nitrogens is 7. The summed E-state index contributed by atoms with van der Waals surface area (Å²) in [6, 6.07) is 9.58. The van der Waals surface area contributed by atoms with E-state index in [4.69, 9.17) is 12.2 Å². The molecule has 0 bridgehead atoms. The summed E-state index contributed by atoms with van der Waals surface area (Å²) in [5.41, 5.74) is 0.716.